The van der Waals surface area contributed by atoms with Crippen LogP contribution in [0.5, 0.6) is 5.75 Å². The number of nitrogens with one attached hydrogen (secondary N) is 1. The molecule has 0 unspecified atom stereocenters. The molecule has 0 aliphatic rings. The molecule has 0 amide bonds. The van der Waals surface area contributed by atoms with Gasteiger partial charge >= 0.3 is 0 Å². The molecule has 3 heteroatoms. The molecule has 0 atom stereocenters. The van der Waals surface area contributed by atoms with Crippen LogP contribution in [-0.2, 0) is 6.54 Å². The van der Waals surface area contributed by atoms with Crippen molar-refractivity contribution in [3.8, 4) is 5.75 Å². The van der Waals surface area contributed by atoms with Crippen LogP contribution in [0.3, 0.4) is 0 Å². The molecule has 2 nitrogen and oxygen atoms in total. The molecule has 1 rings (SSSR count). The van der Waals surface area contributed by atoms with E-state index < -0.39 is 0 Å². The number of halogens is 1. The van der Waals surface area contributed by atoms with Gasteiger partial charge in [-0.1, -0.05) is 29.8 Å². The standard InChI is InChI=1S/C12H18BrNO/c1-9(2)8-15-11-4-5-12(13)10(6-11)7-14-3/h4-6,9,14H,7-8H2,1-3H3. The summed E-state index contributed by atoms with van der Waals surface area (Å²) in [6, 6.07) is 6.09. The second-order valence-corrected chi connectivity index (χ2v) is 4.84. The molecule has 84 valence electrons. The summed E-state index contributed by atoms with van der Waals surface area (Å²) in [5.41, 5.74) is 1.22. The Labute approximate surface area is 100 Å². The zero-order valence-corrected chi connectivity index (χ0v) is 11.1. The van der Waals surface area contributed by atoms with E-state index in [1.54, 1.807) is 0 Å². The van der Waals surface area contributed by atoms with Crippen LogP contribution in [0.2, 0.25) is 0 Å². The van der Waals surface area contributed by atoms with Crippen LogP contribution in [0, 0.1) is 5.92 Å². The fourth-order valence-corrected chi connectivity index (χ4v) is 1.62. The van der Waals surface area contributed by atoms with Gasteiger partial charge in [0.1, 0.15) is 5.75 Å². The van der Waals surface area contributed by atoms with Crippen LogP contribution in [0.4, 0.5) is 0 Å². The van der Waals surface area contributed by atoms with Gasteiger partial charge in [-0.2, -0.15) is 0 Å². The molecule has 1 aromatic rings. The smallest absolute Gasteiger partial charge is 0.119 e. The first-order chi connectivity index (χ1) is 7.13. The first-order valence-corrected chi connectivity index (χ1v) is 5.98. The van der Waals surface area contributed by atoms with E-state index >= 15 is 0 Å². The molecule has 15 heavy (non-hydrogen) atoms. The summed E-state index contributed by atoms with van der Waals surface area (Å²) >= 11 is 3.52. The second kappa shape index (κ2) is 6.13. The molecular weight excluding hydrogens is 254 g/mol. The average Bonchev–Trinajstić information content (AvgIpc) is 2.19. The Hall–Kier alpha value is -0.540. The van der Waals surface area contributed by atoms with Gasteiger partial charge in [0.15, 0.2) is 0 Å². The fraction of sp³-hybridized carbons (Fsp3) is 0.500. The van der Waals surface area contributed by atoms with Gasteiger partial charge in [-0.15, -0.1) is 0 Å². The Balaban J connectivity index is 2.69. The Bertz CT molecular complexity index is 312. The number of rotatable bonds is 5. The van der Waals surface area contributed by atoms with Crippen molar-refractivity contribution in [2.75, 3.05) is 13.7 Å². The van der Waals surface area contributed by atoms with Crippen LogP contribution < -0.4 is 10.1 Å². The maximum atomic E-state index is 5.66. The third-order valence-corrected chi connectivity index (χ3v) is 2.74. The van der Waals surface area contributed by atoms with E-state index in [2.05, 4.69) is 41.2 Å². The molecule has 0 aliphatic carbocycles. The predicted molar refractivity (Wildman–Crippen MR) is 67.2 cm³/mol. The van der Waals surface area contributed by atoms with Gasteiger partial charge in [0.25, 0.3) is 0 Å². The summed E-state index contributed by atoms with van der Waals surface area (Å²) in [6.07, 6.45) is 0. The molecule has 0 aromatic heterocycles. The highest BCUT2D eigenvalue weighted by Crippen LogP contribution is 2.22. The molecule has 0 radical (unpaired) electrons. The lowest BCUT2D eigenvalue weighted by molar-refractivity contribution is 0.271. The number of hydrogen-bond donors (Lipinski definition) is 1. The van der Waals surface area contributed by atoms with Gasteiger partial charge in [0.05, 0.1) is 6.61 Å². The SMILES string of the molecule is CNCc1cc(OCC(C)C)ccc1Br. The maximum Gasteiger partial charge on any atom is 0.119 e. The van der Waals surface area contributed by atoms with Gasteiger partial charge in [0.2, 0.25) is 0 Å². The summed E-state index contributed by atoms with van der Waals surface area (Å²) < 4.78 is 6.78. The van der Waals surface area contributed by atoms with Crippen LogP contribution >= 0.6 is 15.9 Å². The van der Waals surface area contributed by atoms with Gasteiger partial charge < -0.3 is 10.1 Å². The Morgan fingerprint density at radius 3 is 2.73 bits per heavy atom. The Kier molecular flexibility index (Phi) is 5.12. The van der Waals surface area contributed by atoms with Crippen molar-refractivity contribution in [3.63, 3.8) is 0 Å². The van der Waals surface area contributed by atoms with E-state index in [1.165, 1.54) is 5.56 Å². The number of benzene rings is 1. The maximum absolute atomic E-state index is 5.66. The van der Waals surface area contributed by atoms with E-state index in [0.717, 1.165) is 23.4 Å². The van der Waals surface area contributed by atoms with Crippen molar-refractivity contribution in [1.29, 1.82) is 0 Å². The minimum absolute atomic E-state index is 0.557. The Morgan fingerprint density at radius 1 is 1.40 bits per heavy atom. The zero-order valence-electron chi connectivity index (χ0n) is 9.51. The molecular formula is C12H18BrNO. The highest BCUT2D eigenvalue weighted by Gasteiger charge is 2.02. The minimum atomic E-state index is 0.557. The summed E-state index contributed by atoms with van der Waals surface area (Å²) in [7, 11) is 1.94. The van der Waals surface area contributed by atoms with Crippen molar-refractivity contribution in [2.45, 2.75) is 20.4 Å². The first kappa shape index (κ1) is 12.5. The topological polar surface area (TPSA) is 21.3 Å². The monoisotopic (exact) mass is 271 g/mol. The summed E-state index contributed by atoms with van der Waals surface area (Å²) in [5, 5.41) is 3.13. The van der Waals surface area contributed by atoms with Gasteiger partial charge in [-0.3, -0.25) is 0 Å². The molecule has 0 saturated heterocycles. The lowest BCUT2D eigenvalue weighted by atomic mass is 10.2. The van der Waals surface area contributed by atoms with Crippen LogP contribution in [0.1, 0.15) is 19.4 Å². The Morgan fingerprint density at radius 2 is 2.13 bits per heavy atom. The van der Waals surface area contributed by atoms with Crippen molar-refractivity contribution in [1.82, 2.24) is 5.32 Å². The summed E-state index contributed by atoms with van der Waals surface area (Å²) in [5.74, 6) is 1.50. The van der Waals surface area contributed by atoms with Gasteiger partial charge in [0, 0.05) is 11.0 Å². The number of hydrogen-bond acceptors (Lipinski definition) is 2. The van der Waals surface area contributed by atoms with Crippen molar-refractivity contribution < 1.29 is 4.74 Å². The molecule has 0 bridgehead atoms. The minimum Gasteiger partial charge on any atom is -0.493 e. The van der Waals surface area contributed by atoms with Crippen LogP contribution in [-0.4, -0.2) is 13.7 Å². The van der Waals surface area contributed by atoms with Crippen molar-refractivity contribution >= 4 is 15.9 Å². The van der Waals surface area contributed by atoms with Crippen LogP contribution in [0.25, 0.3) is 0 Å². The quantitative estimate of drug-likeness (QED) is 0.888. The van der Waals surface area contributed by atoms with Crippen molar-refractivity contribution in [2.24, 2.45) is 5.92 Å². The van der Waals surface area contributed by atoms with E-state index in [-0.39, 0.29) is 0 Å². The third-order valence-electron chi connectivity index (χ3n) is 1.97. The van der Waals surface area contributed by atoms with Gasteiger partial charge in [-0.05, 0) is 36.7 Å². The summed E-state index contributed by atoms with van der Waals surface area (Å²) in [4.78, 5) is 0. The second-order valence-electron chi connectivity index (χ2n) is 3.99. The summed E-state index contributed by atoms with van der Waals surface area (Å²) in [6.45, 7) is 5.90. The molecule has 0 saturated carbocycles. The van der Waals surface area contributed by atoms with E-state index in [1.807, 2.05) is 19.2 Å². The molecule has 0 fully saturated rings. The fourth-order valence-electron chi connectivity index (χ4n) is 1.23. The lowest BCUT2D eigenvalue weighted by Crippen LogP contribution is -2.07. The highest BCUT2D eigenvalue weighted by molar-refractivity contribution is 9.10. The van der Waals surface area contributed by atoms with Gasteiger partial charge in [-0.25, -0.2) is 0 Å². The lowest BCUT2D eigenvalue weighted by Gasteiger charge is -2.11. The highest BCUT2D eigenvalue weighted by atomic mass is 79.9. The van der Waals surface area contributed by atoms with Crippen LogP contribution in [0.15, 0.2) is 22.7 Å². The van der Waals surface area contributed by atoms with E-state index in [0.29, 0.717) is 5.92 Å². The normalized spacial score (nSPS) is 10.7. The van der Waals surface area contributed by atoms with E-state index in [4.69, 9.17) is 4.74 Å². The third kappa shape index (κ3) is 4.22. The average molecular weight is 272 g/mol. The predicted octanol–water partition coefficient (Wildman–Crippen LogP) is 3.20. The molecule has 0 heterocycles. The van der Waals surface area contributed by atoms with Crippen molar-refractivity contribution in [3.05, 3.63) is 28.2 Å². The molecule has 0 spiro atoms. The first-order valence-electron chi connectivity index (χ1n) is 5.19. The van der Waals surface area contributed by atoms with E-state index in [9.17, 15) is 0 Å². The zero-order chi connectivity index (χ0) is 11.3. The molecule has 1 aromatic carbocycles. The molecule has 1 N–H and O–H groups in total. The number of ether oxygens (including phenoxy) is 1. The molecule has 0 aliphatic heterocycles. The largest absolute Gasteiger partial charge is 0.493 e.